The van der Waals surface area contributed by atoms with Crippen LogP contribution in [-0.2, 0) is 22.5 Å². The molecule has 0 aromatic heterocycles. The summed E-state index contributed by atoms with van der Waals surface area (Å²) in [4.78, 5) is 16.4. The highest BCUT2D eigenvalue weighted by molar-refractivity contribution is 5.72. The van der Waals surface area contributed by atoms with Crippen molar-refractivity contribution in [2.24, 2.45) is 0 Å². The fourth-order valence-corrected chi connectivity index (χ4v) is 4.07. The average Bonchev–Trinajstić information content (AvgIpc) is 2.91. The van der Waals surface area contributed by atoms with Gasteiger partial charge in [-0.2, -0.15) is 5.26 Å². The van der Waals surface area contributed by atoms with Gasteiger partial charge < -0.3 is 19.7 Å². The minimum atomic E-state index is 0.337. The zero-order valence-electron chi connectivity index (χ0n) is 20.4. The van der Waals surface area contributed by atoms with Crippen LogP contribution in [0.3, 0.4) is 0 Å². The van der Waals surface area contributed by atoms with Crippen molar-refractivity contribution >= 4 is 12.0 Å². The summed E-state index contributed by atoms with van der Waals surface area (Å²) in [5.41, 5.74) is 4.58. The van der Waals surface area contributed by atoms with E-state index in [1.165, 1.54) is 0 Å². The number of nitriles is 1. The third kappa shape index (κ3) is 6.44. The molecular formula is C29H30N4O3. The summed E-state index contributed by atoms with van der Waals surface area (Å²) < 4.78 is 11.2. The molecule has 3 aromatic rings. The van der Waals surface area contributed by atoms with Crippen LogP contribution in [0.1, 0.15) is 16.7 Å². The molecule has 0 atom stereocenters. The van der Waals surface area contributed by atoms with Crippen LogP contribution < -0.4 is 10.1 Å². The van der Waals surface area contributed by atoms with Gasteiger partial charge >= 0.3 is 0 Å². The fraction of sp³-hybridized carbons (Fsp3) is 0.241. The van der Waals surface area contributed by atoms with E-state index in [9.17, 15) is 10.1 Å². The lowest BCUT2D eigenvalue weighted by molar-refractivity contribution is -0.108. The van der Waals surface area contributed by atoms with Crippen LogP contribution in [-0.4, -0.2) is 49.7 Å². The molecule has 1 saturated heterocycles. The van der Waals surface area contributed by atoms with Gasteiger partial charge in [0.1, 0.15) is 5.75 Å². The Labute approximate surface area is 212 Å². The van der Waals surface area contributed by atoms with Crippen molar-refractivity contribution in [3.05, 3.63) is 107 Å². The number of ether oxygens (including phenoxy) is 2. The molecule has 1 N–H and O–H groups in total. The molecular weight excluding hydrogens is 452 g/mol. The molecule has 7 heteroatoms. The number of methoxy groups -OCH3 is 1. The second-order valence-electron chi connectivity index (χ2n) is 8.52. The molecule has 0 spiro atoms. The third-order valence-electron chi connectivity index (χ3n) is 6.09. The van der Waals surface area contributed by atoms with Crippen molar-refractivity contribution in [1.29, 1.82) is 5.26 Å². The van der Waals surface area contributed by atoms with Gasteiger partial charge in [0.2, 0.25) is 0 Å². The smallest absolute Gasteiger partial charge is 0.186 e. The summed E-state index contributed by atoms with van der Waals surface area (Å²) in [6.45, 7) is 2.81. The van der Waals surface area contributed by atoms with E-state index in [1.54, 1.807) is 7.11 Å². The average molecular weight is 483 g/mol. The first-order valence-electron chi connectivity index (χ1n) is 11.9. The number of anilines is 1. The Kier molecular flexibility index (Phi) is 8.57. The van der Waals surface area contributed by atoms with Gasteiger partial charge in [0.25, 0.3) is 0 Å². The monoisotopic (exact) mass is 482 g/mol. The summed E-state index contributed by atoms with van der Waals surface area (Å²) in [6.07, 6.45) is 1.47. The first-order chi connectivity index (χ1) is 17.7. The highest BCUT2D eigenvalue weighted by Crippen LogP contribution is 2.23. The molecule has 7 nitrogen and oxygen atoms in total. The molecule has 0 radical (unpaired) electrons. The van der Waals surface area contributed by atoms with Gasteiger partial charge in [-0.3, -0.25) is 9.69 Å². The van der Waals surface area contributed by atoms with Gasteiger partial charge in [-0.15, -0.1) is 0 Å². The Bertz CT molecular complexity index is 1210. The van der Waals surface area contributed by atoms with Gasteiger partial charge in [0.05, 0.1) is 50.9 Å². The maximum Gasteiger partial charge on any atom is 0.186 e. The Morgan fingerprint density at radius 1 is 1.03 bits per heavy atom. The lowest BCUT2D eigenvalue weighted by atomic mass is 10.1. The molecule has 36 heavy (non-hydrogen) atoms. The summed E-state index contributed by atoms with van der Waals surface area (Å²) in [5.74, 6) is 1.14. The molecule has 0 saturated carbocycles. The van der Waals surface area contributed by atoms with Crippen LogP contribution in [0.5, 0.6) is 5.75 Å². The Balaban J connectivity index is 1.42. The molecule has 3 aromatic carbocycles. The predicted molar refractivity (Wildman–Crippen MR) is 139 cm³/mol. The number of hydrogen-bond donors (Lipinski definition) is 1. The lowest BCUT2D eigenvalue weighted by Gasteiger charge is -2.45. The molecule has 4 rings (SSSR count). The van der Waals surface area contributed by atoms with Gasteiger partial charge in [0, 0.05) is 18.7 Å². The van der Waals surface area contributed by atoms with Crippen molar-refractivity contribution in [1.82, 2.24) is 9.80 Å². The molecule has 1 heterocycles. The number of hydrogen-bond acceptors (Lipinski definition) is 7. The van der Waals surface area contributed by atoms with E-state index in [-0.39, 0.29) is 0 Å². The van der Waals surface area contributed by atoms with E-state index in [0.29, 0.717) is 50.8 Å². The van der Waals surface area contributed by atoms with Crippen LogP contribution in [0.4, 0.5) is 5.69 Å². The van der Waals surface area contributed by atoms with Crippen molar-refractivity contribution in [3.8, 4) is 11.8 Å². The highest BCUT2D eigenvalue weighted by Gasteiger charge is 2.28. The molecule has 0 unspecified atom stereocenters. The zero-order valence-corrected chi connectivity index (χ0v) is 20.4. The minimum Gasteiger partial charge on any atom is -0.497 e. The number of carbonyl (C=O) groups is 1. The van der Waals surface area contributed by atoms with Gasteiger partial charge in [0.15, 0.2) is 12.0 Å². The topological polar surface area (TPSA) is 77.8 Å². The number of rotatable bonds is 12. The van der Waals surface area contributed by atoms with Crippen LogP contribution in [0.2, 0.25) is 0 Å². The largest absolute Gasteiger partial charge is 0.497 e. The van der Waals surface area contributed by atoms with E-state index in [4.69, 9.17) is 9.47 Å². The molecule has 1 aliphatic rings. The number of para-hydroxylation sites is 1. The number of benzene rings is 3. The standard InChI is InChI=1S/C29H30N4O3/c1-35-27-13-11-23(12-14-27)15-16-36-29(20-34)28(18-31-26-9-3-2-4-10-26)33-21-32(22-33)19-25-8-6-5-7-24(25)17-30/h2-14,20,31H,15-16,18-19,21-22H2,1H3/b29-28-. The van der Waals surface area contributed by atoms with Crippen LogP contribution >= 0.6 is 0 Å². The molecule has 0 bridgehead atoms. The number of nitrogens with zero attached hydrogens (tertiary/aromatic N) is 3. The second-order valence-corrected chi connectivity index (χ2v) is 8.52. The first-order valence-corrected chi connectivity index (χ1v) is 11.9. The molecule has 0 amide bonds. The number of aldehydes is 1. The van der Waals surface area contributed by atoms with Gasteiger partial charge in [-0.05, 0) is 41.5 Å². The number of nitrogens with one attached hydrogen (secondary N) is 1. The predicted octanol–water partition coefficient (Wildman–Crippen LogP) is 4.38. The van der Waals surface area contributed by atoms with E-state index < -0.39 is 0 Å². The second kappa shape index (κ2) is 12.4. The van der Waals surface area contributed by atoms with Crippen LogP contribution in [0, 0.1) is 11.3 Å². The zero-order chi connectivity index (χ0) is 25.2. The Morgan fingerprint density at radius 3 is 2.44 bits per heavy atom. The minimum absolute atomic E-state index is 0.337. The van der Waals surface area contributed by atoms with E-state index in [1.807, 2.05) is 78.9 Å². The third-order valence-corrected chi connectivity index (χ3v) is 6.09. The van der Waals surface area contributed by atoms with E-state index in [0.717, 1.165) is 34.5 Å². The molecule has 0 aliphatic carbocycles. The summed E-state index contributed by atoms with van der Waals surface area (Å²) in [5, 5.41) is 12.8. The van der Waals surface area contributed by atoms with Crippen LogP contribution in [0.15, 0.2) is 90.3 Å². The van der Waals surface area contributed by atoms with Gasteiger partial charge in [-0.1, -0.05) is 48.5 Å². The summed E-state index contributed by atoms with van der Waals surface area (Å²) >= 11 is 0. The summed E-state index contributed by atoms with van der Waals surface area (Å²) in [7, 11) is 1.64. The Morgan fingerprint density at radius 2 is 1.75 bits per heavy atom. The maximum atomic E-state index is 12.1. The van der Waals surface area contributed by atoms with Crippen molar-refractivity contribution in [2.45, 2.75) is 13.0 Å². The lowest BCUT2D eigenvalue weighted by Crippen LogP contribution is -2.55. The van der Waals surface area contributed by atoms with E-state index >= 15 is 0 Å². The van der Waals surface area contributed by atoms with Crippen LogP contribution in [0.25, 0.3) is 0 Å². The number of carbonyl (C=O) groups excluding carboxylic acids is 1. The van der Waals surface area contributed by atoms with Crippen molar-refractivity contribution < 1.29 is 14.3 Å². The Hall–Kier alpha value is -4.28. The maximum absolute atomic E-state index is 12.1. The molecule has 184 valence electrons. The SMILES string of the molecule is COc1ccc(CCO/C(C=O)=C(/CNc2ccccc2)N2CN(Cc3ccccc3C#N)C2)cc1. The fourth-order valence-electron chi connectivity index (χ4n) is 4.07. The quantitative estimate of drug-likeness (QED) is 0.233. The normalized spacial score (nSPS) is 13.7. The van der Waals surface area contributed by atoms with Gasteiger partial charge in [-0.25, -0.2) is 0 Å². The summed E-state index contributed by atoms with van der Waals surface area (Å²) in [6, 6.07) is 27.6. The molecule has 1 aliphatic heterocycles. The molecule has 1 fully saturated rings. The number of allylic oxidation sites excluding steroid dienone is 1. The first kappa shape index (κ1) is 24.8. The van der Waals surface area contributed by atoms with E-state index in [2.05, 4.69) is 21.2 Å². The van der Waals surface area contributed by atoms with Crippen molar-refractivity contribution in [3.63, 3.8) is 0 Å². The van der Waals surface area contributed by atoms with Crippen molar-refractivity contribution in [2.75, 3.05) is 38.9 Å². The highest BCUT2D eigenvalue weighted by atomic mass is 16.5.